The van der Waals surface area contributed by atoms with Crippen LogP contribution >= 0.6 is 0 Å². The zero-order valence-corrected chi connectivity index (χ0v) is 18.1. The van der Waals surface area contributed by atoms with E-state index in [4.69, 9.17) is 4.52 Å². The fourth-order valence-electron chi connectivity index (χ4n) is 3.69. The van der Waals surface area contributed by atoms with E-state index < -0.39 is 15.8 Å². The van der Waals surface area contributed by atoms with E-state index in [1.54, 1.807) is 24.3 Å². The molecule has 4 rings (SSSR count). The van der Waals surface area contributed by atoms with Crippen LogP contribution in [0.1, 0.15) is 29.9 Å². The van der Waals surface area contributed by atoms with Crippen LogP contribution in [0.25, 0.3) is 17.5 Å². The number of aryl methyl sites for hydroxylation is 1. The molecule has 1 aliphatic heterocycles. The molecule has 1 atom stereocenters. The average molecular weight is 442 g/mol. The molecule has 8 heteroatoms. The number of rotatable bonds is 6. The summed E-state index contributed by atoms with van der Waals surface area (Å²) in [4.78, 5) is 4.31. The lowest BCUT2D eigenvalue weighted by molar-refractivity contribution is 0.248. The van der Waals surface area contributed by atoms with Gasteiger partial charge in [0.2, 0.25) is 21.7 Å². The van der Waals surface area contributed by atoms with Crippen LogP contribution in [-0.4, -0.2) is 36.0 Å². The summed E-state index contributed by atoms with van der Waals surface area (Å²) in [5.41, 5.74) is 2.25. The van der Waals surface area contributed by atoms with Gasteiger partial charge in [-0.3, -0.25) is 0 Å². The molecule has 0 N–H and O–H groups in total. The van der Waals surface area contributed by atoms with Gasteiger partial charge in [-0.1, -0.05) is 47.1 Å². The van der Waals surface area contributed by atoms with Crippen LogP contribution in [0.15, 0.2) is 58.5 Å². The summed E-state index contributed by atoms with van der Waals surface area (Å²) in [5.74, 6) is 0.238. The molecule has 31 heavy (non-hydrogen) atoms. The second-order valence-electron chi connectivity index (χ2n) is 7.82. The van der Waals surface area contributed by atoms with Crippen LogP contribution in [0.5, 0.6) is 0 Å². The van der Waals surface area contributed by atoms with Gasteiger partial charge in [0.1, 0.15) is 5.82 Å². The Balaban J connectivity index is 1.41. The zero-order valence-electron chi connectivity index (χ0n) is 17.2. The predicted molar refractivity (Wildman–Crippen MR) is 117 cm³/mol. The van der Waals surface area contributed by atoms with Crippen molar-refractivity contribution < 1.29 is 17.3 Å². The first-order valence-corrected chi connectivity index (χ1v) is 11.7. The maximum absolute atomic E-state index is 13.9. The van der Waals surface area contributed by atoms with E-state index in [0.717, 1.165) is 24.0 Å². The van der Waals surface area contributed by atoms with E-state index in [9.17, 15) is 12.8 Å². The Labute approximate surface area is 181 Å². The van der Waals surface area contributed by atoms with Crippen molar-refractivity contribution in [3.63, 3.8) is 0 Å². The molecule has 0 radical (unpaired) electrons. The number of hydrogen-bond donors (Lipinski definition) is 0. The highest BCUT2D eigenvalue weighted by molar-refractivity contribution is 7.92. The van der Waals surface area contributed by atoms with E-state index in [1.165, 1.54) is 15.8 Å². The molecule has 1 unspecified atom stereocenters. The van der Waals surface area contributed by atoms with Gasteiger partial charge in [0, 0.05) is 24.9 Å². The molecule has 1 saturated heterocycles. The smallest absolute Gasteiger partial charge is 0.236 e. The van der Waals surface area contributed by atoms with Crippen molar-refractivity contribution in [2.24, 2.45) is 5.92 Å². The van der Waals surface area contributed by atoms with Crippen molar-refractivity contribution in [1.29, 1.82) is 0 Å². The molecule has 1 aromatic heterocycles. The van der Waals surface area contributed by atoms with Crippen molar-refractivity contribution in [1.82, 2.24) is 14.4 Å². The summed E-state index contributed by atoms with van der Waals surface area (Å²) in [6.07, 6.45) is 3.70. The number of hydrogen-bond acceptors (Lipinski definition) is 5. The zero-order chi connectivity index (χ0) is 21.8. The molecule has 6 nitrogen and oxygen atoms in total. The number of nitrogens with zero attached hydrogens (tertiary/aromatic N) is 3. The maximum Gasteiger partial charge on any atom is 0.236 e. The van der Waals surface area contributed by atoms with E-state index >= 15 is 0 Å². The minimum Gasteiger partial charge on any atom is -0.339 e. The summed E-state index contributed by atoms with van der Waals surface area (Å²) in [6.45, 7) is 2.86. The summed E-state index contributed by atoms with van der Waals surface area (Å²) >= 11 is 0. The highest BCUT2D eigenvalue weighted by Crippen LogP contribution is 2.25. The molecule has 2 aromatic carbocycles. The number of benzene rings is 2. The number of halogens is 1. The SMILES string of the molecule is Cc1ccc(C=CS(=O)(=O)N2CCCC(Cc3nc(-c4ccccc4F)no3)C2)cc1. The van der Waals surface area contributed by atoms with Crippen LogP contribution in [0.4, 0.5) is 4.39 Å². The monoisotopic (exact) mass is 441 g/mol. The van der Waals surface area contributed by atoms with Gasteiger partial charge in [0.05, 0.1) is 5.56 Å². The molecular formula is C23H24FN3O3S. The summed E-state index contributed by atoms with van der Waals surface area (Å²) < 4.78 is 46.3. The number of piperidine rings is 1. The third kappa shape index (κ3) is 5.26. The second kappa shape index (κ2) is 9.11. The highest BCUT2D eigenvalue weighted by Gasteiger charge is 2.28. The first-order valence-electron chi connectivity index (χ1n) is 10.2. The molecule has 0 saturated carbocycles. The quantitative estimate of drug-likeness (QED) is 0.565. The average Bonchev–Trinajstić information content (AvgIpc) is 3.22. The van der Waals surface area contributed by atoms with E-state index in [-0.39, 0.29) is 17.3 Å². The minimum atomic E-state index is -3.52. The summed E-state index contributed by atoms with van der Waals surface area (Å²) in [6, 6.07) is 13.9. The Kier molecular flexibility index (Phi) is 6.29. The number of aromatic nitrogens is 2. The summed E-state index contributed by atoms with van der Waals surface area (Å²) in [7, 11) is -3.52. The fraction of sp³-hybridized carbons (Fsp3) is 0.304. The lowest BCUT2D eigenvalue weighted by atomic mass is 9.96. The minimum absolute atomic E-state index is 0.0604. The molecule has 162 valence electrons. The molecule has 3 aromatic rings. The van der Waals surface area contributed by atoms with Crippen LogP contribution in [0.2, 0.25) is 0 Å². The third-order valence-electron chi connectivity index (χ3n) is 5.40. The van der Waals surface area contributed by atoms with Gasteiger partial charge in [-0.25, -0.2) is 12.8 Å². The van der Waals surface area contributed by atoms with Crippen LogP contribution in [0.3, 0.4) is 0 Å². The molecule has 1 aliphatic rings. The van der Waals surface area contributed by atoms with Crippen LogP contribution in [-0.2, 0) is 16.4 Å². The normalized spacial score (nSPS) is 17.9. The standard InChI is InChI=1S/C23H24FN3O3S/c1-17-8-10-18(11-9-17)12-14-31(28,29)27-13-4-5-19(16-27)15-22-25-23(26-30-22)20-6-2-3-7-21(20)24/h2-3,6-12,14,19H,4-5,13,15-16H2,1H3. The maximum atomic E-state index is 13.9. The topological polar surface area (TPSA) is 76.3 Å². The van der Waals surface area contributed by atoms with Crippen molar-refractivity contribution in [3.8, 4) is 11.4 Å². The van der Waals surface area contributed by atoms with Gasteiger partial charge in [-0.2, -0.15) is 9.29 Å². The Bertz CT molecular complexity index is 1170. The van der Waals surface area contributed by atoms with Gasteiger partial charge >= 0.3 is 0 Å². The van der Waals surface area contributed by atoms with Crippen molar-refractivity contribution >= 4 is 16.1 Å². The molecule has 2 heterocycles. The Morgan fingerprint density at radius 3 is 2.74 bits per heavy atom. The van der Waals surface area contributed by atoms with Crippen LogP contribution in [0, 0.1) is 18.7 Å². The van der Waals surface area contributed by atoms with Crippen molar-refractivity contribution in [3.05, 3.63) is 76.8 Å². The lowest BCUT2D eigenvalue weighted by Crippen LogP contribution is -2.39. The second-order valence-corrected chi connectivity index (χ2v) is 9.64. The first-order chi connectivity index (χ1) is 14.9. The molecule has 0 spiro atoms. The third-order valence-corrected chi connectivity index (χ3v) is 6.93. The molecular weight excluding hydrogens is 417 g/mol. The molecule has 0 aliphatic carbocycles. The van der Waals surface area contributed by atoms with Crippen molar-refractivity contribution in [2.45, 2.75) is 26.2 Å². The molecule has 0 amide bonds. The van der Waals surface area contributed by atoms with Gasteiger partial charge in [0.25, 0.3) is 0 Å². The van der Waals surface area contributed by atoms with Gasteiger partial charge in [-0.15, -0.1) is 0 Å². The van der Waals surface area contributed by atoms with Gasteiger partial charge < -0.3 is 4.52 Å². The fourth-order valence-corrected chi connectivity index (χ4v) is 4.99. The van der Waals surface area contributed by atoms with Gasteiger partial charge in [-0.05, 0) is 49.5 Å². The largest absolute Gasteiger partial charge is 0.339 e. The number of sulfonamides is 1. The first kappa shape index (κ1) is 21.4. The Morgan fingerprint density at radius 2 is 1.97 bits per heavy atom. The Hall–Kier alpha value is -2.84. The highest BCUT2D eigenvalue weighted by atomic mass is 32.2. The van der Waals surface area contributed by atoms with Crippen molar-refractivity contribution in [2.75, 3.05) is 13.1 Å². The lowest BCUT2D eigenvalue weighted by Gasteiger charge is -2.30. The van der Waals surface area contributed by atoms with E-state index in [0.29, 0.717) is 25.4 Å². The Morgan fingerprint density at radius 1 is 1.19 bits per heavy atom. The predicted octanol–water partition coefficient (Wildman–Crippen LogP) is 4.44. The molecule has 1 fully saturated rings. The molecule has 0 bridgehead atoms. The van der Waals surface area contributed by atoms with E-state index in [2.05, 4.69) is 10.1 Å². The van der Waals surface area contributed by atoms with E-state index in [1.807, 2.05) is 31.2 Å². The van der Waals surface area contributed by atoms with Crippen LogP contribution < -0.4 is 0 Å². The summed E-state index contributed by atoms with van der Waals surface area (Å²) in [5, 5.41) is 5.15. The van der Waals surface area contributed by atoms with Gasteiger partial charge in [0.15, 0.2) is 0 Å².